The van der Waals surface area contributed by atoms with Gasteiger partial charge in [0.05, 0.1) is 23.9 Å². The molecule has 0 bridgehead atoms. The van der Waals surface area contributed by atoms with Gasteiger partial charge in [0, 0.05) is 26.6 Å². The minimum absolute atomic E-state index is 0.0101. The number of carbonyl (C=O) groups excluding carboxylic acids is 2. The largest absolute Gasteiger partial charge is 0.342 e. The third kappa shape index (κ3) is 4.19. The van der Waals surface area contributed by atoms with Crippen molar-refractivity contribution >= 4 is 22.6 Å². The van der Waals surface area contributed by atoms with E-state index in [2.05, 4.69) is 5.10 Å². The Kier molecular flexibility index (Phi) is 6.32. The molecule has 0 spiro atoms. The predicted molar refractivity (Wildman–Crippen MR) is 99.0 cm³/mol. The molecule has 2 amide bonds. The Bertz CT molecular complexity index is 911. The van der Waals surface area contributed by atoms with E-state index in [0.717, 1.165) is 4.68 Å². The third-order valence-corrected chi connectivity index (χ3v) is 4.35. The molecule has 8 nitrogen and oxygen atoms in total. The molecule has 2 aromatic rings. The average Bonchev–Trinajstić information content (AvgIpc) is 2.64. The number of aromatic amines is 1. The Hall–Kier alpha value is -2.90. The number of fused-ring (bicyclic) bond motifs is 1. The van der Waals surface area contributed by atoms with Crippen LogP contribution in [0.5, 0.6) is 0 Å². The molecule has 0 saturated heterocycles. The van der Waals surface area contributed by atoms with Gasteiger partial charge < -0.3 is 9.80 Å². The molecule has 0 atom stereocenters. The maximum absolute atomic E-state index is 12.4. The van der Waals surface area contributed by atoms with E-state index >= 15 is 0 Å². The van der Waals surface area contributed by atoms with Crippen LogP contribution in [0.3, 0.4) is 0 Å². The van der Waals surface area contributed by atoms with E-state index in [4.69, 9.17) is 0 Å². The Labute approximate surface area is 151 Å². The predicted octanol–water partition coefficient (Wildman–Crippen LogP) is 0.407. The van der Waals surface area contributed by atoms with Gasteiger partial charge in [-0.25, -0.2) is 4.68 Å². The van der Waals surface area contributed by atoms with Crippen molar-refractivity contribution in [2.24, 2.45) is 0 Å². The zero-order valence-corrected chi connectivity index (χ0v) is 15.3. The first-order valence-electron chi connectivity index (χ1n) is 8.62. The zero-order chi connectivity index (χ0) is 19.3. The van der Waals surface area contributed by atoms with Crippen LogP contribution in [0.25, 0.3) is 10.8 Å². The van der Waals surface area contributed by atoms with E-state index in [1.165, 1.54) is 4.90 Å². The van der Waals surface area contributed by atoms with Gasteiger partial charge in [-0.1, -0.05) is 12.1 Å². The molecule has 140 valence electrons. The van der Waals surface area contributed by atoms with Gasteiger partial charge in [0.15, 0.2) is 0 Å². The number of aromatic nitrogens is 2. The van der Waals surface area contributed by atoms with Crippen molar-refractivity contribution in [2.45, 2.75) is 26.8 Å². The lowest BCUT2D eigenvalue weighted by molar-refractivity contribution is -0.139. The first-order valence-corrected chi connectivity index (χ1v) is 8.62. The highest BCUT2D eigenvalue weighted by Gasteiger charge is 2.17. The van der Waals surface area contributed by atoms with E-state index in [1.807, 2.05) is 13.8 Å². The fraction of sp³-hybridized carbons (Fsp3) is 0.444. The van der Waals surface area contributed by atoms with Gasteiger partial charge in [0.25, 0.3) is 11.1 Å². The van der Waals surface area contributed by atoms with Crippen molar-refractivity contribution in [1.82, 2.24) is 19.6 Å². The topological polar surface area (TPSA) is 95.5 Å². The molecule has 0 fully saturated rings. The highest BCUT2D eigenvalue weighted by Crippen LogP contribution is 2.03. The summed E-state index contributed by atoms with van der Waals surface area (Å²) in [7, 11) is 1.55. The van der Waals surface area contributed by atoms with E-state index in [9.17, 15) is 19.2 Å². The molecular weight excluding hydrogens is 336 g/mol. The van der Waals surface area contributed by atoms with Gasteiger partial charge in [0.1, 0.15) is 0 Å². The number of nitrogens with zero attached hydrogens (tertiary/aromatic N) is 3. The molecule has 0 radical (unpaired) electrons. The van der Waals surface area contributed by atoms with Gasteiger partial charge in [-0.15, -0.1) is 0 Å². The minimum atomic E-state index is -0.377. The summed E-state index contributed by atoms with van der Waals surface area (Å²) in [5, 5.41) is 3.13. The molecule has 0 aliphatic rings. The second-order valence-electron chi connectivity index (χ2n) is 6.01. The van der Waals surface area contributed by atoms with Gasteiger partial charge >= 0.3 is 0 Å². The highest BCUT2D eigenvalue weighted by atomic mass is 16.2. The Morgan fingerprint density at radius 2 is 1.65 bits per heavy atom. The number of hydrogen-bond donors (Lipinski definition) is 1. The molecule has 0 unspecified atom stereocenters. The summed E-state index contributed by atoms with van der Waals surface area (Å²) in [6.07, 6.45) is 0.0101. The second kappa shape index (κ2) is 8.46. The van der Waals surface area contributed by atoms with Crippen molar-refractivity contribution in [3.63, 3.8) is 0 Å². The van der Waals surface area contributed by atoms with Crippen LogP contribution in [0.2, 0.25) is 0 Å². The Balaban J connectivity index is 2.07. The van der Waals surface area contributed by atoms with Crippen molar-refractivity contribution in [1.29, 1.82) is 0 Å². The Morgan fingerprint density at radius 1 is 1.04 bits per heavy atom. The molecule has 1 N–H and O–H groups in total. The first kappa shape index (κ1) is 19.4. The highest BCUT2D eigenvalue weighted by molar-refractivity contribution is 5.84. The number of hydrogen-bond acceptors (Lipinski definition) is 4. The smallest absolute Gasteiger partial charge is 0.273 e. The van der Waals surface area contributed by atoms with Crippen molar-refractivity contribution in [2.75, 3.05) is 26.7 Å². The summed E-state index contributed by atoms with van der Waals surface area (Å²) in [6.45, 7) is 4.97. The van der Waals surface area contributed by atoms with E-state index < -0.39 is 0 Å². The number of likely N-dealkylation sites (N-methyl/N-ethyl adjacent to an activating group) is 2. The molecule has 0 saturated carbocycles. The average molecular weight is 360 g/mol. The summed E-state index contributed by atoms with van der Waals surface area (Å²) >= 11 is 0. The number of aryl methyl sites for hydroxylation is 1. The summed E-state index contributed by atoms with van der Waals surface area (Å²) in [6, 6.07) is 6.54. The van der Waals surface area contributed by atoms with Crippen molar-refractivity contribution in [3.8, 4) is 0 Å². The molecule has 0 aliphatic heterocycles. The summed E-state index contributed by atoms with van der Waals surface area (Å²) in [5.74, 6) is -0.395. The van der Waals surface area contributed by atoms with Crippen molar-refractivity contribution in [3.05, 3.63) is 45.0 Å². The van der Waals surface area contributed by atoms with Gasteiger partial charge in [-0.2, -0.15) is 0 Å². The molecular formula is C18H24N4O4. The van der Waals surface area contributed by atoms with E-state index in [0.29, 0.717) is 23.9 Å². The van der Waals surface area contributed by atoms with Gasteiger partial charge in [-0.05, 0) is 26.0 Å². The number of benzene rings is 1. The lowest BCUT2D eigenvalue weighted by atomic mass is 10.2. The number of H-pyrrole nitrogens is 1. The van der Waals surface area contributed by atoms with Crippen LogP contribution in [-0.4, -0.2) is 58.1 Å². The normalized spacial score (nSPS) is 10.7. The molecule has 8 heteroatoms. The van der Waals surface area contributed by atoms with Crippen LogP contribution in [-0.2, 0) is 16.1 Å². The van der Waals surface area contributed by atoms with Crippen LogP contribution in [0, 0.1) is 0 Å². The minimum Gasteiger partial charge on any atom is -0.342 e. The third-order valence-electron chi connectivity index (χ3n) is 4.35. The summed E-state index contributed by atoms with van der Waals surface area (Å²) in [5.41, 5.74) is -0.729. The fourth-order valence-electron chi connectivity index (χ4n) is 2.77. The van der Waals surface area contributed by atoms with Crippen LogP contribution in [0.4, 0.5) is 0 Å². The lowest BCUT2D eigenvalue weighted by Gasteiger charge is -2.23. The number of rotatable bonds is 7. The lowest BCUT2D eigenvalue weighted by Crippen LogP contribution is -2.41. The van der Waals surface area contributed by atoms with E-state index in [-0.39, 0.29) is 42.4 Å². The van der Waals surface area contributed by atoms with Crippen molar-refractivity contribution < 1.29 is 9.59 Å². The summed E-state index contributed by atoms with van der Waals surface area (Å²) in [4.78, 5) is 51.8. The molecule has 0 aliphatic carbocycles. The van der Waals surface area contributed by atoms with Crippen LogP contribution in [0.1, 0.15) is 20.3 Å². The molecule has 1 aromatic carbocycles. The standard InChI is InChI=1S/C18H24N4O4/c1-4-21(5-2)16(24)12-20(3)15(23)10-11-22-18(26)14-9-7-6-8-13(14)17(25)19-22/h6-9H,4-5,10-12H2,1-3H3,(H,19,25). The van der Waals surface area contributed by atoms with Crippen LogP contribution < -0.4 is 11.1 Å². The van der Waals surface area contributed by atoms with Crippen LogP contribution in [0.15, 0.2) is 33.9 Å². The Morgan fingerprint density at radius 3 is 2.27 bits per heavy atom. The fourth-order valence-corrected chi connectivity index (χ4v) is 2.77. The van der Waals surface area contributed by atoms with E-state index in [1.54, 1.807) is 36.2 Å². The monoisotopic (exact) mass is 360 g/mol. The number of nitrogens with one attached hydrogen (secondary N) is 1. The van der Waals surface area contributed by atoms with Gasteiger partial charge in [-0.3, -0.25) is 24.3 Å². The van der Waals surface area contributed by atoms with Crippen LogP contribution >= 0.6 is 0 Å². The van der Waals surface area contributed by atoms with Gasteiger partial charge in [0.2, 0.25) is 11.8 Å². The maximum atomic E-state index is 12.4. The molecule has 2 rings (SSSR count). The SMILES string of the molecule is CCN(CC)C(=O)CN(C)C(=O)CCn1[nH]c(=O)c2ccccc2c1=O. The quantitative estimate of drug-likeness (QED) is 0.773. The number of amides is 2. The first-order chi connectivity index (χ1) is 12.4. The molecule has 26 heavy (non-hydrogen) atoms. The summed E-state index contributed by atoms with van der Waals surface area (Å²) < 4.78 is 1.14. The second-order valence-corrected chi connectivity index (χ2v) is 6.01. The number of carbonyl (C=O) groups is 2. The zero-order valence-electron chi connectivity index (χ0n) is 15.3. The maximum Gasteiger partial charge on any atom is 0.273 e. The molecule has 1 heterocycles. The molecule has 1 aromatic heterocycles.